The molecule has 0 aliphatic heterocycles. The Balaban J connectivity index is 2.92. The molecule has 90 valence electrons. The zero-order valence-electron chi connectivity index (χ0n) is 10.2. The fourth-order valence-electron chi connectivity index (χ4n) is 1.54. The lowest BCUT2D eigenvalue weighted by Gasteiger charge is -2.11. The number of nitrogen functional groups attached to an aromatic ring is 1. The number of thiophene rings is 1. The fourth-order valence-corrected chi connectivity index (χ4v) is 2.47. The van der Waals surface area contributed by atoms with Crippen LogP contribution < -0.4 is 11.1 Å². The minimum Gasteiger partial charge on any atom is -0.390 e. The van der Waals surface area contributed by atoms with Gasteiger partial charge in [-0.1, -0.05) is 20.8 Å². The molecule has 3 nitrogen and oxygen atoms in total. The molecular weight excluding hydrogens is 220 g/mol. The molecule has 0 aliphatic carbocycles. The van der Waals surface area contributed by atoms with Crippen molar-refractivity contribution in [3.63, 3.8) is 0 Å². The Bertz CT molecular complexity index is 360. The minimum absolute atomic E-state index is 0.0316. The minimum atomic E-state index is -0.0316. The first-order valence-electron chi connectivity index (χ1n) is 5.76. The van der Waals surface area contributed by atoms with Gasteiger partial charge in [0.15, 0.2) is 0 Å². The Morgan fingerprint density at radius 1 is 1.56 bits per heavy atom. The van der Waals surface area contributed by atoms with Gasteiger partial charge >= 0.3 is 0 Å². The quantitative estimate of drug-likeness (QED) is 0.831. The largest absolute Gasteiger partial charge is 0.390 e. The van der Waals surface area contributed by atoms with Crippen molar-refractivity contribution >= 4 is 22.2 Å². The third-order valence-corrected chi connectivity index (χ3v) is 3.58. The van der Waals surface area contributed by atoms with E-state index in [1.54, 1.807) is 0 Å². The van der Waals surface area contributed by atoms with E-state index in [0.29, 0.717) is 23.0 Å². The fraction of sp³-hybridized carbons (Fsp3) is 0.583. The van der Waals surface area contributed by atoms with Gasteiger partial charge in [0.05, 0.1) is 10.6 Å². The topological polar surface area (TPSA) is 55.1 Å². The van der Waals surface area contributed by atoms with E-state index in [0.717, 1.165) is 18.4 Å². The van der Waals surface area contributed by atoms with Crippen molar-refractivity contribution < 1.29 is 4.79 Å². The highest BCUT2D eigenvalue weighted by Crippen LogP contribution is 2.32. The van der Waals surface area contributed by atoms with Crippen LogP contribution in [0.5, 0.6) is 0 Å². The highest BCUT2D eigenvalue weighted by atomic mass is 32.1. The summed E-state index contributed by atoms with van der Waals surface area (Å²) in [7, 11) is 0. The van der Waals surface area contributed by atoms with Gasteiger partial charge in [0.25, 0.3) is 5.91 Å². The van der Waals surface area contributed by atoms with Gasteiger partial charge in [-0.2, -0.15) is 0 Å². The van der Waals surface area contributed by atoms with Gasteiger partial charge in [0.2, 0.25) is 0 Å². The van der Waals surface area contributed by atoms with E-state index >= 15 is 0 Å². The van der Waals surface area contributed by atoms with Gasteiger partial charge in [-0.05, 0) is 29.7 Å². The van der Waals surface area contributed by atoms with Crippen molar-refractivity contribution in [1.82, 2.24) is 5.32 Å². The summed E-state index contributed by atoms with van der Waals surface area (Å²) in [5.74, 6) is 0.354. The zero-order valence-corrected chi connectivity index (χ0v) is 11.0. The number of amides is 1. The third-order valence-electron chi connectivity index (χ3n) is 2.75. The van der Waals surface area contributed by atoms with Crippen LogP contribution in [-0.4, -0.2) is 12.5 Å². The Hall–Kier alpha value is -1.03. The molecule has 1 aromatic heterocycles. The van der Waals surface area contributed by atoms with Crippen molar-refractivity contribution in [1.29, 1.82) is 0 Å². The first-order valence-corrected chi connectivity index (χ1v) is 6.64. The molecule has 0 radical (unpaired) electrons. The summed E-state index contributed by atoms with van der Waals surface area (Å²) in [4.78, 5) is 11.9. The molecule has 1 unspecified atom stereocenters. The van der Waals surface area contributed by atoms with Crippen LogP contribution in [0.25, 0.3) is 0 Å². The summed E-state index contributed by atoms with van der Waals surface area (Å²) in [5.41, 5.74) is 7.63. The summed E-state index contributed by atoms with van der Waals surface area (Å²) in [6.07, 6.45) is 1.96. The van der Waals surface area contributed by atoms with Gasteiger partial charge in [-0.3, -0.25) is 4.79 Å². The summed E-state index contributed by atoms with van der Waals surface area (Å²) in [5, 5.41) is 5.52. The van der Waals surface area contributed by atoms with Crippen molar-refractivity contribution in [3.05, 3.63) is 16.5 Å². The van der Waals surface area contributed by atoms with Crippen LogP contribution >= 0.6 is 11.3 Å². The molecule has 0 aliphatic rings. The second-order valence-corrected chi connectivity index (χ2v) is 4.91. The van der Waals surface area contributed by atoms with E-state index in [9.17, 15) is 4.79 Å². The van der Waals surface area contributed by atoms with E-state index < -0.39 is 0 Å². The molecule has 1 rings (SSSR count). The Kier molecular flexibility index (Phi) is 4.80. The van der Waals surface area contributed by atoms with Crippen LogP contribution in [0.15, 0.2) is 5.38 Å². The van der Waals surface area contributed by atoms with Gasteiger partial charge in [0.1, 0.15) is 0 Å². The summed E-state index contributed by atoms with van der Waals surface area (Å²) in [6.45, 7) is 6.98. The van der Waals surface area contributed by atoms with E-state index in [1.165, 1.54) is 11.3 Å². The van der Waals surface area contributed by atoms with Crippen LogP contribution in [0.1, 0.15) is 55.5 Å². The summed E-state index contributed by atoms with van der Waals surface area (Å²) in [6, 6.07) is 0. The lowest BCUT2D eigenvalue weighted by Crippen LogP contribution is -2.25. The van der Waals surface area contributed by atoms with Crippen LogP contribution in [-0.2, 0) is 0 Å². The lowest BCUT2D eigenvalue weighted by molar-refractivity contribution is 0.0953. The molecule has 0 fully saturated rings. The van der Waals surface area contributed by atoms with E-state index in [1.807, 2.05) is 12.3 Å². The number of nitrogens with two attached hydrogens (primary N) is 1. The first-order chi connectivity index (χ1) is 7.61. The summed E-state index contributed by atoms with van der Waals surface area (Å²) >= 11 is 1.45. The van der Waals surface area contributed by atoms with E-state index in [2.05, 4.69) is 19.2 Å². The summed E-state index contributed by atoms with van der Waals surface area (Å²) < 4.78 is 0. The maximum Gasteiger partial charge on any atom is 0.254 e. The smallest absolute Gasteiger partial charge is 0.254 e. The van der Waals surface area contributed by atoms with Crippen molar-refractivity contribution in [2.24, 2.45) is 0 Å². The number of carbonyl (C=O) groups excluding carboxylic acids is 1. The molecule has 16 heavy (non-hydrogen) atoms. The number of nitrogens with one attached hydrogen (secondary N) is 1. The Labute approximate surface area is 101 Å². The zero-order chi connectivity index (χ0) is 12.1. The molecule has 0 spiro atoms. The van der Waals surface area contributed by atoms with E-state index in [4.69, 9.17) is 5.73 Å². The molecule has 0 saturated carbocycles. The van der Waals surface area contributed by atoms with Gasteiger partial charge in [0, 0.05) is 6.54 Å². The number of hydrogen-bond acceptors (Lipinski definition) is 3. The number of hydrogen-bond donors (Lipinski definition) is 2. The predicted molar refractivity (Wildman–Crippen MR) is 70.1 cm³/mol. The molecular formula is C12H20N2OS. The van der Waals surface area contributed by atoms with Gasteiger partial charge in [-0.15, -0.1) is 11.3 Å². The van der Waals surface area contributed by atoms with Crippen LogP contribution in [0.3, 0.4) is 0 Å². The Morgan fingerprint density at radius 3 is 2.81 bits per heavy atom. The maximum atomic E-state index is 11.9. The average molecular weight is 240 g/mol. The van der Waals surface area contributed by atoms with Crippen LogP contribution in [0.4, 0.5) is 5.00 Å². The normalized spacial score (nSPS) is 12.4. The Morgan fingerprint density at radius 2 is 2.25 bits per heavy atom. The lowest BCUT2D eigenvalue weighted by atomic mass is 9.97. The van der Waals surface area contributed by atoms with Crippen molar-refractivity contribution in [2.75, 3.05) is 12.3 Å². The van der Waals surface area contributed by atoms with Gasteiger partial charge in [-0.25, -0.2) is 0 Å². The molecule has 1 amide bonds. The second-order valence-electron chi connectivity index (χ2n) is 4.00. The molecule has 3 N–H and O–H groups in total. The standard InChI is InChI=1S/C12H20N2OS/c1-4-6-14-12(15)10-9(8(3)5-2)7-16-11(10)13/h7-8H,4-6,13H2,1-3H3,(H,14,15). The highest BCUT2D eigenvalue weighted by Gasteiger charge is 2.19. The second kappa shape index (κ2) is 5.89. The molecule has 0 aromatic carbocycles. The van der Waals surface area contributed by atoms with Crippen LogP contribution in [0, 0.1) is 0 Å². The van der Waals surface area contributed by atoms with E-state index in [-0.39, 0.29) is 5.91 Å². The van der Waals surface area contributed by atoms with Crippen LogP contribution in [0.2, 0.25) is 0 Å². The SMILES string of the molecule is CCCNC(=O)c1c(C(C)CC)csc1N. The number of carbonyl (C=O) groups is 1. The van der Waals surface area contributed by atoms with Crippen molar-refractivity contribution in [2.45, 2.75) is 39.5 Å². The molecule has 0 saturated heterocycles. The molecule has 1 heterocycles. The first kappa shape index (κ1) is 13.0. The third kappa shape index (κ3) is 2.76. The molecule has 0 bridgehead atoms. The molecule has 1 atom stereocenters. The number of anilines is 1. The maximum absolute atomic E-state index is 11.9. The number of rotatable bonds is 5. The predicted octanol–water partition coefficient (Wildman–Crippen LogP) is 2.98. The van der Waals surface area contributed by atoms with Crippen molar-refractivity contribution in [3.8, 4) is 0 Å². The van der Waals surface area contributed by atoms with Gasteiger partial charge < -0.3 is 11.1 Å². The monoisotopic (exact) mass is 240 g/mol. The highest BCUT2D eigenvalue weighted by molar-refractivity contribution is 7.14. The average Bonchev–Trinajstić information content (AvgIpc) is 2.67. The molecule has 1 aromatic rings. The molecule has 4 heteroatoms.